The van der Waals surface area contributed by atoms with Crippen molar-refractivity contribution in [1.82, 2.24) is 39.7 Å². The van der Waals surface area contributed by atoms with Crippen molar-refractivity contribution in [3.8, 4) is 45.5 Å². The molecule has 0 spiro atoms. The second-order valence-electron chi connectivity index (χ2n) is 16.1. The number of benzene rings is 2. The van der Waals surface area contributed by atoms with E-state index in [1.54, 1.807) is 60.7 Å². The number of nitrogens with one attached hydrogen (secondary N) is 3. The molecular formula is C45H44F6N10O5. The molecule has 3 aliphatic heterocycles. The fourth-order valence-electron chi connectivity index (χ4n) is 9.15. The first kappa shape index (κ1) is 44.2. The molecule has 15 nitrogen and oxygen atoms in total. The Balaban J connectivity index is 1.08. The second kappa shape index (κ2) is 17.1. The standard InChI is InChI=1S/C45H44F6N10O5/c1-63-33-7-5-25(15-35(33)65-3)29-19-39(44(46,47)48)60-41(55-29)21-31(57-60)27-9-11-53-37(17-27)43(23-52-13-14-59(43)24-62)38-18-28(10-12-54-38)32-22-42-56-30(20-40(45(49,50)51)61(42)58-32)26-6-8-34(64-2)36(16-26)66-4/h5-12,15-18,21-22,24,29-30,39-40,52,55-56H,13-14,19-20,23H2,1-4H3. The Morgan fingerprint density at radius 2 is 1.09 bits per heavy atom. The van der Waals surface area contributed by atoms with Gasteiger partial charge in [0.25, 0.3) is 0 Å². The molecule has 7 heterocycles. The molecule has 0 aliphatic carbocycles. The molecule has 4 aromatic heterocycles. The van der Waals surface area contributed by atoms with Gasteiger partial charge in [-0.3, -0.25) is 14.8 Å². The number of hydrogen-bond acceptors (Lipinski definition) is 12. The molecular weight excluding hydrogens is 875 g/mol. The number of carbonyl (C=O) groups excluding carboxylic acids is 1. The van der Waals surface area contributed by atoms with Crippen molar-refractivity contribution >= 4 is 18.0 Å². The number of anilines is 2. The highest BCUT2D eigenvalue weighted by Crippen LogP contribution is 2.48. The Labute approximate surface area is 374 Å². The van der Waals surface area contributed by atoms with Crippen molar-refractivity contribution in [3.05, 3.63) is 108 Å². The molecule has 3 N–H and O–H groups in total. The van der Waals surface area contributed by atoms with Gasteiger partial charge in [0.15, 0.2) is 35.1 Å². The molecule has 3 aliphatic rings. The van der Waals surface area contributed by atoms with E-state index in [9.17, 15) is 31.1 Å². The number of rotatable bonds is 11. The van der Waals surface area contributed by atoms with Crippen LogP contribution in [0.25, 0.3) is 22.5 Å². The van der Waals surface area contributed by atoms with Gasteiger partial charge >= 0.3 is 12.4 Å². The Hall–Kier alpha value is -7.03. The summed E-state index contributed by atoms with van der Waals surface area (Å²) in [6.45, 7) is 0.772. The largest absolute Gasteiger partial charge is 0.493 e. The highest BCUT2D eigenvalue weighted by molar-refractivity contribution is 5.68. The van der Waals surface area contributed by atoms with Crippen molar-refractivity contribution in [1.29, 1.82) is 0 Å². The Morgan fingerprint density at radius 1 is 0.636 bits per heavy atom. The molecule has 2 aromatic carbocycles. The molecule has 1 saturated heterocycles. The van der Waals surface area contributed by atoms with E-state index in [1.165, 1.54) is 57.9 Å². The van der Waals surface area contributed by atoms with Crippen molar-refractivity contribution in [2.24, 2.45) is 0 Å². The monoisotopic (exact) mass is 918 g/mol. The van der Waals surface area contributed by atoms with Crippen LogP contribution in [0.5, 0.6) is 23.0 Å². The van der Waals surface area contributed by atoms with Gasteiger partial charge in [-0.2, -0.15) is 36.5 Å². The zero-order valence-electron chi connectivity index (χ0n) is 35.9. The van der Waals surface area contributed by atoms with Crippen LogP contribution in [0, 0.1) is 0 Å². The molecule has 1 fully saturated rings. The number of alkyl halides is 6. The molecule has 4 unspecified atom stereocenters. The van der Waals surface area contributed by atoms with Gasteiger partial charge in [-0.25, -0.2) is 9.36 Å². The average Bonchev–Trinajstić information content (AvgIpc) is 3.97. The summed E-state index contributed by atoms with van der Waals surface area (Å²) in [4.78, 5) is 23.9. The van der Waals surface area contributed by atoms with Crippen LogP contribution in [0.3, 0.4) is 0 Å². The lowest BCUT2D eigenvalue weighted by Crippen LogP contribution is -2.59. The van der Waals surface area contributed by atoms with Crippen LogP contribution in [0.15, 0.2) is 85.2 Å². The summed E-state index contributed by atoms with van der Waals surface area (Å²) in [6.07, 6.45) is -6.38. The zero-order valence-corrected chi connectivity index (χ0v) is 35.9. The topological polar surface area (TPSA) is 155 Å². The number of pyridine rings is 2. The van der Waals surface area contributed by atoms with E-state index in [4.69, 9.17) is 28.9 Å². The number of fused-ring (bicyclic) bond motifs is 2. The lowest BCUT2D eigenvalue weighted by molar-refractivity contribution is -0.174. The van der Waals surface area contributed by atoms with Crippen LogP contribution < -0.4 is 34.9 Å². The van der Waals surface area contributed by atoms with E-state index < -0.39 is 42.1 Å². The Bertz CT molecular complexity index is 2590. The van der Waals surface area contributed by atoms with Crippen LogP contribution in [0.1, 0.15) is 59.5 Å². The molecule has 0 radical (unpaired) electrons. The van der Waals surface area contributed by atoms with E-state index in [0.29, 0.717) is 69.6 Å². The van der Waals surface area contributed by atoms with Crippen LogP contribution in [0.2, 0.25) is 0 Å². The van der Waals surface area contributed by atoms with Crippen LogP contribution in [0.4, 0.5) is 38.0 Å². The maximum Gasteiger partial charge on any atom is 0.410 e. The average molecular weight is 919 g/mol. The van der Waals surface area contributed by atoms with Crippen molar-refractivity contribution in [2.75, 3.05) is 58.7 Å². The molecule has 6 aromatic rings. The Morgan fingerprint density at radius 3 is 1.50 bits per heavy atom. The SMILES string of the molecule is COc1ccc(C2CC(C(F)(F)F)n3nc(-c4ccnc(C5(c6cc(-c7cc8n(n7)C(C(F)(F)F)CC(c7ccc(OC)c(OC)c7)N8)ccn6)CNCCN5C=O)c4)cc3N2)cc1OC. The summed E-state index contributed by atoms with van der Waals surface area (Å²) in [5.41, 5.74) is 1.61. The first-order valence-corrected chi connectivity index (χ1v) is 20.8. The Kier molecular flexibility index (Phi) is 11.4. The molecule has 4 atom stereocenters. The van der Waals surface area contributed by atoms with Gasteiger partial charge in [-0.15, -0.1) is 0 Å². The van der Waals surface area contributed by atoms with Gasteiger partial charge < -0.3 is 39.8 Å². The quantitative estimate of drug-likeness (QED) is 0.0857. The number of amides is 1. The van der Waals surface area contributed by atoms with Gasteiger partial charge in [0, 0.05) is 68.1 Å². The van der Waals surface area contributed by atoms with E-state index in [0.717, 1.165) is 9.36 Å². The van der Waals surface area contributed by atoms with E-state index >= 15 is 0 Å². The summed E-state index contributed by atoms with van der Waals surface area (Å²) in [5, 5.41) is 18.7. The number of halogens is 6. The fraction of sp³-hybridized carbons (Fsp3) is 0.356. The normalized spacial score (nSPS) is 21.8. The third-order valence-electron chi connectivity index (χ3n) is 12.5. The summed E-state index contributed by atoms with van der Waals surface area (Å²) >= 11 is 0. The number of aromatic nitrogens is 6. The predicted molar refractivity (Wildman–Crippen MR) is 229 cm³/mol. The minimum absolute atomic E-state index is 0.118. The van der Waals surface area contributed by atoms with Gasteiger partial charge in [-0.05, 0) is 59.7 Å². The van der Waals surface area contributed by atoms with E-state index in [2.05, 4.69) is 26.1 Å². The maximum atomic E-state index is 14.8. The van der Waals surface area contributed by atoms with Crippen LogP contribution >= 0.6 is 0 Å². The van der Waals surface area contributed by atoms with Crippen molar-refractivity contribution in [2.45, 2.75) is 54.9 Å². The summed E-state index contributed by atoms with van der Waals surface area (Å²) in [5.74, 6) is 1.88. The number of carbonyl (C=O) groups is 1. The summed E-state index contributed by atoms with van der Waals surface area (Å²) in [6, 6.07) is 14.1. The molecule has 21 heteroatoms. The molecule has 346 valence electrons. The lowest BCUT2D eigenvalue weighted by atomic mass is 9.85. The molecule has 0 saturated carbocycles. The van der Waals surface area contributed by atoms with E-state index in [-0.39, 0.29) is 49.0 Å². The minimum Gasteiger partial charge on any atom is -0.493 e. The van der Waals surface area contributed by atoms with Gasteiger partial charge in [0.05, 0.1) is 63.3 Å². The number of methoxy groups -OCH3 is 4. The van der Waals surface area contributed by atoms with Gasteiger partial charge in [-0.1, -0.05) is 12.1 Å². The first-order valence-electron chi connectivity index (χ1n) is 20.8. The second-order valence-corrected chi connectivity index (χ2v) is 16.1. The maximum absolute atomic E-state index is 14.8. The smallest absolute Gasteiger partial charge is 0.410 e. The highest BCUT2D eigenvalue weighted by Gasteiger charge is 2.49. The lowest BCUT2D eigenvalue weighted by Gasteiger charge is -2.44. The zero-order chi connectivity index (χ0) is 46.5. The third-order valence-corrected chi connectivity index (χ3v) is 12.5. The number of nitrogens with zero attached hydrogens (tertiary/aromatic N) is 7. The molecule has 0 bridgehead atoms. The third kappa shape index (κ3) is 7.83. The van der Waals surface area contributed by atoms with Crippen LogP contribution in [-0.4, -0.2) is 101 Å². The molecule has 66 heavy (non-hydrogen) atoms. The first-order chi connectivity index (χ1) is 31.7. The van der Waals surface area contributed by atoms with E-state index in [1.807, 2.05) is 0 Å². The summed E-state index contributed by atoms with van der Waals surface area (Å²) in [7, 11) is 5.84. The summed E-state index contributed by atoms with van der Waals surface area (Å²) < 4.78 is 112. The number of hydrogen-bond donors (Lipinski definition) is 3. The van der Waals surface area contributed by atoms with Gasteiger partial charge in [0.1, 0.15) is 17.2 Å². The van der Waals surface area contributed by atoms with Gasteiger partial charge in [0.2, 0.25) is 6.41 Å². The predicted octanol–water partition coefficient (Wildman–Crippen LogP) is 7.86. The number of ether oxygens (including phenoxy) is 4. The number of piperazine rings is 1. The minimum atomic E-state index is -4.65. The van der Waals surface area contributed by atoms with Crippen LogP contribution in [-0.2, 0) is 10.3 Å². The fourth-order valence-corrected chi connectivity index (χ4v) is 9.15. The molecule has 9 rings (SSSR count). The van der Waals surface area contributed by atoms with Crippen molar-refractivity contribution in [3.63, 3.8) is 0 Å². The molecule has 1 amide bonds. The highest BCUT2D eigenvalue weighted by atomic mass is 19.4. The van der Waals surface area contributed by atoms with Crippen molar-refractivity contribution < 1.29 is 50.1 Å².